The van der Waals surface area contributed by atoms with Gasteiger partial charge in [-0.05, 0) is 61.2 Å². The molecule has 2 aromatic carbocycles. The molecule has 3 heterocycles. The number of benzene rings is 2. The standard InChI is InChI=1S/C24H19F3N4OS2/c1-14-30-21(12-33-14)20-10-15(24(25,26)27)2-4-17(20)18-7-9-32-22-11-16(3-5-19(18)22)34-31-23-6-8-28-13-29-23/h2-6,8,10-13,18H,7,9H2,1H3,(H,28,29,31). The topological polar surface area (TPSA) is 59.9 Å². The van der Waals surface area contributed by atoms with Crippen LogP contribution in [-0.2, 0) is 6.18 Å². The minimum atomic E-state index is -4.42. The molecule has 1 unspecified atom stereocenters. The van der Waals surface area contributed by atoms with Gasteiger partial charge in [0.1, 0.15) is 17.9 Å². The number of nitrogens with one attached hydrogen (secondary N) is 1. The van der Waals surface area contributed by atoms with E-state index in [1.54, 1.807) is 18.3 Å². The smallest absolute Gasteiger partial charge is 0.416 e. The van der Waals surface area contributed by atoms with Gasteiger partial charge in [0, 0.05) is 33.5 Å². The molecule has 0 amide bonds. The Kier molecular flexibility index (Phi) is 6.18. The van der Waals surface area contributed by atoms with Gasteiger partial charge in [0.15, 0.2) is 0 Å². The van der Waals surface area contributed by atoms with Crippen LogP contribution in [0.1, 0.15) is 34.0 Å². The van der Waals surface area contributed by atoms with Crippen molar-refractivity contribution in [1.29, 1.82) is 0 Å². The van der Waals surface area contributed by atoms with Crippen LogP contribution in [0, 0.1) is 6.92 Å². The second-order valence-corrected chi connectivity index (χ2v) is 9.68. The molecule has 0 radical (unpaired) electrons. The number of alkyl halides is 3. The Balaban J connectivity index is 1.49. The van der Waals surface area contributed by atoms with E-state index < -0.39 is 11.7 Å². The molecule has 174 valence electrons. The Hall–Kier alpha value is -3.11. The van der Waals surface area contributed by atoms with E-state index in [0.717, 1.165) is 32.8 Å². The Bertz CT molecular complexity index is 1310. The summed E-state index contributed by atoms with van der Waals surface area (Å²) in [5, 5.41) is 2.62. The van der Waals surface area contributed by atoms with Crippen molar-refractivity contribution in [3.63, 3.8) is 0 Å². The van der Waals surface area contributed by atoms with Gasteiger partial charge < -0.3 is 9.46 Å². The average Bonchev–Trinajstić information content (AvgIpc) is 3.28. The van der Waals surface area contributed by atoms with Crippen molar-refractivity contribution in [3.05, 3.63) is 82.1 Å². The van der Waals surface area contributed by atoms with Crippen molar-refractivity contribution in [2.45, 2.75) is 30.3 Å². The van der Waals surface area contributed by atoms with Crippen LogP contribution in [0.3, 0.4) is 0 Å². The van der Waals surface area contributed by atoms with Gasteiger partial charge >= 0.3 is 6.18 Å². The first-order valence-corrected chi connectivity index (χ1v) is 12.2. The normalized spacial score (nSPS) is 15.5. The highest BCUT2D eigenvalue weighted by Crippen LogP contribution is 2.44. The molecule has 1 atom stereocenters. The molecule has 2 aromatic heterocycles. The van der Waals surface area contributed by atoms with Gasteiger partial charge in [-0.3, -0.25) is 0 Å². The molecule has 5 rings (SSSR count). The number of anilines is 1. The van der Waals surface area contributed by atoms with Crippen molar-refractivity contribution in [1.82, 2.24) is 15.0 Å². The van der Waals surface area contributed by atoms with Crippen molar-refractivity contribution >= 4 is 29.1 Å². The number of nitrogens with zero attached hydrogens (tertiary/aromatic N) is 3. The van der Waals surface area contributed by atoms with Gasteiger partial charge in [-0.25, -0.2) is 15.0 Å². The summed E-state index contributed by atoms with van der Waals surface area (Å²) in [5.41, 5.74) is 2.18. The monoisotopic (exact) mass is 500 g/mol. The molecular formula is C24H19F3N4OS2. The third kappa shape index (κ3) is 4.74. The highest BCUT2D eigenvalue weighted by molar-refractivity contribution is 8.00. The van der Waals surface area contributed by atoms with Gasteiger partial charge in [-0.15, -0.1) is 11.3 Å². The molecule has 1 aliphatic heterocycles. The maximum Gasteiger partial charge on any atom is 0.416 e. The number of fused-ring (bicyclic) bond motifs is 1. The van der Waals surface area contributed by atoms with Gasteiger partial charge in [0.2, 0.25) is 0 Å². The highest BCUT2D eigenvalue weighted by Gasteiger charge is 2.33. The molecule has 0 spiro atoms. The zero-order valence-corrected chi connectivity index (χ0v) is 19.6. The van der Waals surface area contributed by atoms with Crippen LogP contribution >= 0.6 is 23.3 Å². The van der Waals surface area contributed by atoms with Crippen molar-refractivity contribution < 1.29 is 17.9 Å². The van der Waals surface area contributed by atoms with Crippen LogP contribution in [-0.4, -0.2) is 21.6 Å². The van der Waals surface area contributed by atoms with Crippen molar-refractivity contribution in [2.75, 3.05) is 11.3 Å². The number of aryl methyl sites for hydroxylation is 1. The fourth-order valence-corrected chi connectivity index (χ4v) is 5.22. The van der Waals surface area contributed by atoms with Crippen molar-refractivity contribution in [3.8, 4) is 17.0 Å². The lowest BCUT2D eigenvalue weighted by molar-refractivity contribution is -0.137. The number of halogens is 3. The van der Waals surface area contributed by atoms with Crippen LogP contribution in [0.4, 0.5) is 19.0 Å². The molecule has 10 heteroatoms. The van der Waals surface area contributed by atoms with E-state index in [1.165, 1.54) is 35.7 Å². The SMILES string of the molecule is Cc1nc(-c2cc(C(F)(F)F)ccc2C2CCOc3cc(SNc4ccncn4)ccc32)cs1. The molecule has 4 aromatic rings. The Labute approximate surface area is 202 Å². The molecule has 0 saturated carbocycles. The quantitative estimate of drug-likeness (QED) is 0.299. The molecule has 0 bridgehead atoms. The van der Waals surface area contributed by atoms with Crippen molar-refractivity contribution in [2.24, 2.45) is 0 Å². The summed E-state index contributed by atoms with van der Waals surface area (Å²) in [4.78, 5) is 13.4. The fraction of sp³-hybridized carbons (Fsp3) is 0.208. The highest BCUT2D eigenvalue weighted by atomic mass is 32.2. The zero-order valence-electron chi connectivity index (χ0n) is 18.0. The number of aromatic nitrogens is 3. The molecule has 1 aliphatic rings. The van der Waals surface area contributed by atoms with E-state index >= 15 is 0 Å². The van der Waals surface area contributed by atoms with E-state index in [-0.39, 0.29) is 5.92 Å². The first kappa shape index (κ1) is 22.7. The molecule has 1 N–H and O–H groups in total. The number of ether oxygens (including phenoxy) is 1. The zero-order chi connectivity index (χ0) is 23.7. The largest absolute Gasteiger partial charge is 0.493 e. The van der Waals surface area contributed by atoms with Gasteiger partial charge in [0.25, 0.3) is 0 Å². The molecule has 0 fully saturated rings. The summed E-state index contributed by atoms with van der Waals surface area (Å²) >= 11 is 2.82. The first-order valence-electron chi connectivity index (χ1n) is 10.5. The average molecular weight is 501 g/mol. The summed E-state index contributed by atoms with van der Waals surface area (Å²) in [6.07, 6.45) is -0.633. The minimum Gasteiger partial charge on any atom is -0.493 e. The first-order chi connectivity index (χ1) is 16.4. The maximum atomic E-state index is 13.5. The van der Waals surface area contributed by atoms with E-state index in [2.05, 4.69) is 19.7 Å². The molecular weight excluding hydrogens is 481 g/mol. The third-order valence-corrected chi connectivity index (χ3v) is 7.11. The van der Waals surface area contributed by atoms with Crippen LogP contribution < -0.4 is 9.46 Å². The lowest BCUT2D eigenvalue weighted by Gasteiger charge is -2.28. The molecule has 5 nitrogen and oxygen atoms in total. The maximum absolute atomic E-state index is 13.5. The summed E-state index contributed by atoms with van der Waals surface area (Å²) in [6.45, 7) is 2.32. The summed E-state index contributed by atoms with van der Waals surface area (Å²) in [5.74, 6) is 1.31. The van der Waals surface area contributed by atoms with E-state index in [0.29, 0.717) is 30.1 Å². The fourth-order valence-electron chi connectivity index (χ4n) is 3.96. The molecule has 0 saturated heterocycles. The molecule has 0 aliphatic carbocycles. The Morgan fingerprint density at radius 3 is 2.71 bits per heavy atom. The number of hydrogen-bond acceptors (Lipinski definition) is 7. The molecule has 34 heavy (non-hydrogen) atoms. The van der Waals surface area contributed by atoms with Crippen LogP contribution in [0.5, 0.6) is 5.75 Å². The van der Waals surface area contributed by atoms with Gasteiger partial charge in [-0.2, -0.15) is 13.2 Å². The Morgan fingerprint density at radius 2 is 1.97 bits per heavy atom. The second kappa shape index (κ2) is 9.27. The van der Waals surface area contributed by atoms with Crippen LogP contribution in [0.15, 0.2) is 65.3 Å². The van der Waals surface area contributed by atoms with E-state index in [1.807, 2.05) is 30.5 Å². The van der Waals surface area contributed by atoms with Gasteiger partial charge in [0.05, 0.1) is 22.9 Å². The van der Waals surface area contributed by atoms with Gasteiger partial charge in [-0.1, -0.05) is 12.1 Å². The predicted molar refractivity (Wildman–Crippen MR) is 127 cm³/mol. The minimum absolute atomic E-state index is 0.100. The van der Waals surface area contributed by atoms with Crippen LogP contribution in [0.2, 0.25) is 0 Å². The lowest BCUT2D eigenvalue weighted by Crippen LogP contribution is -2.16. The predicted octanol–water partition coefficient (Wildman–Crippen LogP) is 6.96. The summed E-state index contributed by atoms with van der Waals surface area (Å²) < 4.78 is 49.6. The van der Waals surface area contributed by atoms with Crippen LogP contribution in [0.25, 0.3) is 11.3 Å². The van der Waals surface area contributed by atoms with E-state index in [4.69, 9.17) is 4.74 Å². The summed E-state index contributed by atoms with van der Waals surface area (Å²) in [7, 11) is 0. The second-order valence-electron chi connectivity index (χ2n) is 7.74. The third-order valence-electron chi connectivity index (χ3n) is 5.53. The number of thiazole rings is 1. The number of rotatable bonds is 5. The summed E-state index contributed by atoms with van der Waals surface area (Å²) in [6, 6.07) is 11.6. The number of hydrogen-bond donors (Lipinski definition) is 1. The lowest BCUT2D eigenvalue weighted by atomic mass is 9.83. The van der Waals surface area contributed by atoms with E-state index in [9.17, 15) is 13.2 Å². The Morgan fingerprint density at radius 1 is 1.12 bits per heavy atom.